The van der Waals surface area contributed by atoms with Gasteiger partial charge in [-0.1, -0.05) is 13.3 Å². The largest absolute Gasteiger partial charge is 0.397 e. The minimum absolute atomic E-state index is 0.275. The van der Waals surface area contributed by atoms with Gasteiger partial charge in [-0.2, -0.15) is 0 Å². The summed E-state index contributed by atoms with van der Waals surface area (Å²) in [5.74, 6) is -0.275. The summed E-state index contributed by atoms with van der Waals surface area (Å²) in [7, 11) is 0. The van der Waals surface area contributed by atoms with Gasteiger partial charge in [-0.15, -0.1) is 0 Å². The van der Waals surface area contributed by atoms with Crippen LogP contribution in [0.5, 0.6) is 0 Å². The molecule has 0 atom stereocenters. The van der Waals surface area contributed by atoms with Crippen LogP contribution < -0.4 is 10.6 Å². The second kappa shape index (κ2) is 5.59. The van der Waals surface area contributed by atoms with Gasteiger partial charge in [0.05, 0.1) is 11.4 Å². The third kappa shape index (κ3) is 3.11. The maximum absolute atomic E-state index is 12.9. The molecule has 0 saturated heterocycles. The maximum atomic E-state index is 12.9. The molecule has 2 nitrogen and oxygen atoms in total. The number of nitrogens with two attached hydrogens (primary N) is 1. The summed E-state index contributed by atoms with van der Waals surface area (Å²) in [5, 5.41) is 0. The van der Waals surface area contributed by atoms with Crippen LogP contribution >= 0.6 is 0 Å². The van der Waals surface area contributed by atoms with Crippen molar-refractivity contribution in [2.24, 2.45) is 0 Å². The number of anilines is 2. The zero-order valence-corrected chi connectivity index (χ0v) is 9.46. The third-order valence-electron chi connectivity index (χ3n) is 2.49. The average molecular weight is 210 g/mol. The highest BCUT2D eigenvalue weighted by Gasteiger charge is 2.07. The molecule has 1 aromatic carbocycles. The van der Waals surface area contributed by atoms with Crippen LogP contribution in [0.25, 0.3) is 0 Å². The van der Waals surface area contributed by atoms with Crippen molar-refractivity contribution < 1.29 is 4.39 Å². The Morgan fingerprint density at radius 1 is 1.33 bits per heavy atom. The molecule has 0 spiro atoms. The lowest BCUT2D eigenvalue weighted by atomic mass is 10.2. The number of nitrogens with zero attached hydrogens (tertiary/aromatic N) is 1. The number of hydrogen-bond donors (Lipinski definition) is 1. The van der Waals surface area contributed by atoms with Crippen molar-refractivity contribution in [2.75, 3.05) is 23.7 Å². The first-order chi connectivity index (χ1) is 7.19. The lowest BCUT2D eigenvalue weighted by Crippen LogP contribution is -2.24. The minimum Gasteiger partial charge on any atom is -0.397 e. The second-order valence-electron chi connectivity index (χ2n) is 3.64. The van der Waals surface area contributed by atoms with Crippen LogP contribution in [0.1, 0.15) is 26.7 Å². The number of nitrogen functional groups attached to an aromatic ring is 1. The Kier molecular flexibility index (Phi) is 4.40. The second-order valence-corrected chi connectivity index (χ2v) is 3.64. The number of unbranched alkanes of at least 4 members (excludes halogenated alkanes) is 1. The molecule has 15 heavy (non-hydrogen) atoms. The molecule has 0 heterocycles. The van der Waals surface area contributed by atoms with Gasteiger partial charge in [0.15, 0.2) is 0 Å². The number of rotatable bonds is 5. The predicted molar refractivity (Wildman–Crippen MR) is 63.6 cm³/mol. The standard InChI is InChI=1S/C12H19FN2/c1-3-5-8-15(4-2)12-7-6-10(13)9-11(12)14/h6-7,9H,3-5,8,14H2,1-2H3. The fourth-order valence-electron chi connectivity index (χ4n) is 1.61. The Bertz CT molecular complexity index is 312. The van der Waals surface area contributed by atoms with Crippen LogP contribution in [0.15, 0.2) is 18.2 Å². The molecule has 1 aromatic rings. The number of halogens is 1. The zero-order chi connectivity index (χ0) is 11.3. The van der Waals surface area contributed by atoms with Crippen molar-refractivity contribution in [1.82, 2.24) is 0 Å². The number of benzene rings is 1. The van der Waals surface area contributed by atoms with Gasteiger partial charge in [0.25, 0.3) is 0 Å². The van der Waals surface area contributed by atoms with E-state index in [0.29, 0.717) is 5.69 Å². The molecule has 0 saturated carbocycles. The van der Waals surface area contributed by atoms with Crippen LogP contribution in [0, 0.1) is 5.82 Å². The molecule has 84 valence electrons. The third-order valence-corrected chi connectivity index (χ3v) is 2.49. The van der Waals surface area contributed by atoms with Gasteiger partial charge >= 0.3 is 0 Å². The van der Waals surface area contributed by atoms with E-state index in [4.69, 9.17) is 5.73 Å². The van der Waals surface area contributed by atoms with Crippen LogP contribution in [0.2, 0.25) is 0 Å². The van der Waals surface area contributed by atoms with Crippen molar-refractivity contribution in [2.45, 2.75) is 26.7 Å². The average Bonchev–Trinajstić information content (AvgIpc) is 2.21. The van der Waals surface area contributed by atoms with Crippen LogP contribution in [-0.2, 0) is 0 Å². The van der Waals surface area contributed by atoms with Gasteiger partial charge in [0, 0.05) is 13.1 Å². The summed E-state index contributed by atoms with van der Waals surface area (Å²) in [6, 6.07) is 4.59. The van der Waals surface area contributed by atoms with E-state index in [1.165, 1.54) is 12.1 Å². The van der Waals surface area contributed by atoms with Crippen molar-refractivity contribution in [3.8, 4) is 0 Å². The molecule has 0 aliphatic heterocycles. The Balaban J connectivity index is 2.81. The quantitative estimate of drug-likeness (QED) is 0.757. The normalized spacial score (nSPS) is 10.3. The zero-order valence-electron chi connectivity index (χ0n) is 9.46. The minimum atomic E-state index is -0.275. The highest BCUT2D eigenvalue weighted by molar-refractivity contribution is 5.67. The van der Waals surface area contributed by atoms with Gasteiger partial charge in [0.1, 0.15) is 5.82 Å². The summed E-state index contributed by atoms with van der Waals surface area (Å²) >= 11 is 0. The molecule has 2 N–H and O–H groups in total. The highest BCUT2D eigenvalue weighted by atomic mass is 19.1. The van der Waals surface area contributed by atoms with E-state index in [0.717, 1.165) is 31.6 Å². The van der Waals surface area contributed by atoms with E-state index >= 15 is 0 Å². The summed E-state index contributed by atoms with van der Waals surface area (Å²) in [5.41, 5.74) is 7.25. The molecule has 0 unspecified atom stereocenters. The molecule has 0 aliphatic carbocycles. The summed E-state index contributed by atoms with van der Waals surface area (Å²) in [6.45, 7) is 6.11. The first kappa shape index (κ1) is 11.8. The first-order valence-corrected chi connectivity index (χ1v) is 5.49. The van der Waals surface area contributed by atoms with E-state index < -0.39 is 0 Å². The molecule has 0 radical (unpaired) electrons. The lowest BCUT2D eigenvalue weighted by Gasteiger charge is -2.24. The molecule has 3 heteroatoms. The van der Waals surface area contributed by atoms with Crippen LogP contribution in [-0.4, -0.2) is 13.1 Å². The van der Waals surface area contributed by atoms with E-state index in [1.54, 1.807) is 6.07 Å². The summed E-state index contributed by atoms with van der Waals surface area (Å²) in [6.07, 6.45) is 2.28. The van der Waals surface area contributed by atoms with E-state index in [2.05, 4.69) is 18.7 Å². The molecule has 0 aliphatic rings. The Labute approximate surface area is 90.9 Å². The van der Waals surface area contributed by atoms with Gasteiger partial charge in [-0.3, -0.25) is 0 Å². The van der Waals surface area contributed by atoms with Crippen LogP contribution in [0.4, 0.5) is 15.8 Å². The van der Waals surface area contributed by atoms with Gasteiger partial charge in [0.2, 0.25) is 0 Å². The first-order valence-electron chi connectivity index (χ1n) is 5.49. The van der Waals surface area contributed by atoms with Crippen molar-refractivity contribution in [3.63, 3.8) is 0 Å². The van der Waals surface area contributed by atoms with Crippen molar-refractivity contribution in [3.05, 3.63) is 24.0 Å². The summed E-state index contributed by atoms with van der Waals surface area (Å²) < 4.78 is 12.9. The van der Waals surface area contributed by atoms with Crippen molar-refractivity contribution >= 4 is 11.4 Å². The molecule has 0 amide bonds. The molecular weight excluding hydrogens is 191 g/mol. The maximum Gasteiger partial charge on any atom is 0.125 e. The van der Waals surface area contributed by atoms with E-state index in [9.17, 15) is 4.39 Å². The fraction of sp³-hybridized carbons (Fsp3) is 0.500. The van der Waals surface area contributed by atoms with Gasteiger partial charge in [-0.05, 0) is 31.5 Å². The van der Waals surface area contributed by atoms with E-state index in [1.807, 2.05) is 0 Å². The SMILES string of the molecule is CCCCN(CC)c1ccc(F)cc1N. The van der Waals surface area contributed by atoms with Crippen molar-refractivity contribution in [1.29, 1.82) is 0 Å². The van der Waals surface area contributed by atoms with Crippen LogP contribution in [0.3, 0.4) is 0 Å². The van der Waals surface area contributed by atoms with E-state index in [-0.39, 0.29) is 5.82 Å². The van der Waals surface area contributed by atoms with Gasteiger partial charge in [-0.25, -0.2) is 4.39 Å². The lowest BCUT2D eigenvalue weighted by molar-refractivity contribution is 0.628. The Morgan fingerprint density at radius 3 is 2.60 bits per heavy atom. The predicted octanol–water partition coefficient (Wildman–Crippen LogP) is 3.03. The smallest absolute Gasteiger partial charge is 0.125 e. The molecular formula is C12H19FN2. The highest BCUT2D eigenvalue weighted by Crippen LogP contribution is 2.23. The molecule has 1 rings (SSSR count). The van der Waals surface area contributed by atoms with Gasteiger partial charge < -0.3 is 10.6 Å². The summed E-state index contributed by atoms with van der Waals surface area (Å²) in [4.78, 5) is 2.18. The fourth-order valence-corrected chi connectivity index (χ4v) is 1.61. The Morgan fingerprint density at radius 2 is 2.07 bits per heavy atom. The molecule has 0 fully saturated rings. The molecule has 0 aromatic heterocycles. The topological polar surface area (TPSA) is 29.3 Å². The molecule has 0 bridgehead atoms. The number of hydrogen-bond acceptors (Lipinski definition) is 2. The monoisotopic (exact) mass is 210 g/mol. The Hall–Kier alpha value is -1.25.